The van der Waals surface area contributed by atoms with Gasteiger partial charge >= 0.3 is 6.16 Å². The fourth-order valence-electron chi connectivity index (χ4n) is 5.31. The van der Waals surface area contributed by atoms with Gasteiger partial charge in [0.15, 0.2) is 17.3 Å². The number of rotatable bonds is 4. The van der Waals surface area contributed by atoms with Crippen LogP contribution in [0.15, 0.2) is 58.4 Å². The lowest BCUT2D eigenvalue weighted by Gasteiger charge is -2.51. The average molecular weight is 572 g/mol. The van der Waals surface area contributed by atoms with Crippen molar-refractivity contribution in [3.8, 4) is 5.75 Å². The van der Waals surface area contributed by atoms with E-state index in [1.165, 1.54) is 28.7 Å². The normalized spacial score (nSPS) is 19.5. The zero-order valence-corrected chi connectivity index (χ0v) is 22.0. The van der Waals surface area contributed by atoms with Crippen molar-refractivity contribution < 1.29 is 37.3 Å². The van der Waals surface area contributed by atoms with Gasteiger partial charge in [0, 0.05) is 35.0 Å². The number of carbonyl (C=O) groups is 2. The molecule has 3 aliphatic rings. The number of morpholine rings is 1. The van der Waals surface area contributed by atoms with Crippen LogP contribution in [0, 0.1) is 11.6 Å². The van der Waals surface area contributed by atoms with Crippen molar-refractivity contribution in [2.75, 3.05) is 38.7 Å². The molecule has 1 saturated heterocycles. The van der Waals surface area contributed by atoms with E-state index in [0.29, 0.717) is 5.56 Å². The Balaban J connectivity index is 1.58. The second-order valence-corrected chi connectivity index (χ2v) is 10.2. The minimum Gasteiger partial charge on any atom is -0.451 e. The molecule has 0 aliphatic carbocycles. The van der Waals surface area contributed by atoms with E-state index in [0.717, 1.165) is 23.6 Å². The number of ether oxygens (including phenoxy) is 4. The van der Waals surface area contributed by atoms with Gasteiger partial charge in [0.1, 0.15) is 6.17 Å². The first-order valence-electron chi connectivity index (χ1n) is 12.4. The molecule has 3 aromatic rings. The largest absolute Gasteiger partial charge is 0.510 e. The first-order valence-corrected chi connectivity index (χ1v) is 13.3. The number of fused-ring (bicyclic) bond motifs is 4. The van der Waals surface area contributed by atoms with Crippen LogP contribution in [0.25, 0.3) is 0 Å². The lowest BCUT2D eigenvalue weighted by Crippen LogP contribution is -2.66. The first-order chi connectivity index (χ1) is 19.4. The van der Waals surface area contributed by atoms with Crippen LogP contribution >= 0.6 is 11.8 Å². The van der Waals surface area contributed by atoms with E-state index in [9.17, 15) is 18.8 Å². The van der Waals surface area contributed by atoms with Crippen LogP contribution in [0.4, 0.5) is 13.6 Å². The standard InChI is InChI=1S/C27H23F2N3O7S/c1-36-27(35)39-14-38-25-19(33)8-9-31-24(25)26(34)30-10-11-37-12-21(30)32(31)23-15-6-7-18(28)22(29)17(15)13-40-20-5-3-2-4-16(20)23/h2-9,21,23H,10-14H2,1H3/t21-,23?/m1/s1. The van der Waals surface area contributed by atoms with Crippen molar-refractivity contribution >= 4 is 23.8 Å². The predicted octanol–water partition coefficient (Wildman–Crippen LogP) is 3.39. The summed E-state index contributed by atoms with van der Waals surface area (Å²) in [5.41, 5.74) is 0.815. The monoisotopic (exact) mass is 571 g/mol. The summed E-state index contributed by atoms with van der Waals surface area (Å²) >= 11 is 1.39. The second kappa shape index (κ2) is 10.5. The summed E-state index contributed by atoms with van der Waals surface area (Å²) in [4.78, 5) is 40.6. The molecule has 1 aromatic heterocycles. The second-order valence-electron chi connectivity index (χ2n) is 9.16. The maximum atomic E-state index is 15.3. The van der Waals surface area contributed by atoms with E-state index in [-0.39, 0.29) is 42.5 Å². The fourth-order valence-corrected chi connectivity index (χ4v) is 6.42. The van der Waals surface area contributed by atoms with Crippen molar-refractivity contribution in [1.29, 1.82) is 0 Å². The molecule has 4 heterocycles. The number of benzene rings is 2. The van der Waals surface area contributed by atoms with Gasteiger partial charge < -0.3 is 23.8 Å². The van der Waals surface area contributed by atoms with Crippen LogP contribution < -0.4 is 15.2 Å². The van der Waals surface area contributed by atoms with Crippen LogP contribution in [0.5, 0.6) is 5.75 Å². The quantitative estimate of drug-likeness (QED) is 0.345. The number of pyridine rings is 1. The van der Waals surface area contributed by atoms with Crippen molar-refractivity contribution in [3.05, 3.63) is 92.9 Å². The summed E-state index contributed by atoms with van der Waals surface area (Å²) in [5.74, 6) is -2.51. The third-order valence-corrected chi connectivity index (χ3v) is 8.20. The van der Waals surface area contributed by atoms with E-state index >= 15 is 4.39 Å². The Morgan fingerprint density at radius 3 is 2.77 bits per heavy atom. The maximum Gasteiger partial charge on any atom is 0.510 e. The van der Waals surface area contributed by atoms with Crippen LogP contribution in [-0.2, 0) is 20.0 Å². The van der Waals surface area contributed by atoms with E-state index in [1.807, 2.05) is 29.3 Å². The van der Waals surface area contributed by atoms with E-state index in [2.05, 4.69) is 4.74 Å². The molecule has 13 heteroatoms. The number of hydrogen-bond donors (Lipinski definition) is 0. The highest BCUT2D eigenvalue weighted by Crippen LogP contribution is 2.45. The minimum atomic E-state index is -1.02. The molecule has 208 valence electrons. The Hall–Kier alpha value is -4.10. The molecule has 0 spiro atoms. The van der Waals surface area contributed by atoms with E-state index in [4.69, 9.17) is 14.2 Å². The molecule has 0 N–H and O–H groups in total. The van der Waals surface area contributed by atoms with Gasteiger partial charge in [-0.15, -0.1) is 11.8 Å². The summed E-state index contributed by atoms with van der Waals surface area (Å²) in [6.07, 6.45) is -0.238. The Kier molecular flexibility index (Phi) is 6.84. The van der Waals surface area contributed by atoms with Crippen LogP contribution in [0.2, 0.25) is 0 Å². The van der Waals surface area contributed by atoms with Crippen molar-refractivity contribution in [2.24, 2.45) is 0 Å². The molecule has 3 aliphatic heterocycles. The molecule has 0 radical (unpaired) electrons. The van der Waals surface area contributed by atoms with Gasteiger partial charge in [-0.1, -0.05) is 24.3 Å². The zero-order valence-electron chi connectivity index (χ0n) is 21.2. The van der Waals surface area contributed by atoms with Crippen molar-refractivity contribution in [1.82, 2.24) is 9.58 Å². The molecular weight excluding hydrogens is 548 g/mol. The smallest absolute Gasteiger partial charge is 0.451 e. The molecular formula is C27H23F2N3O7S. The molecule has 6 rings (SSSR count). The number of nitrogens with zero attached hydrogens (tertiary/aromatic N) is 3. The number of halogens is 2. The molecule has 2 atom stereocenters. The summed E-state index contributed by atoms with van der Waals surface area (Å²) in [6, 6.07) is 10.7. The highest BCUT2D eigenvalue weighted by Gasteiger charge is 2.46. The van der Waals surface area contributed by atoms with Crippen LogP contribution in [-0.4, -0.2) is 61.5 Å². The summed E-state index contributed by atoms with van der Waals surface area (Å²) in [6.45, 7) is -0.0595. The topological polar surface area (TPSA) is 99.5 Å². The Bertz CT molecular complexity index is 1570. The number of methoxy groups -OCH3 is 1. The lowest BCUT2D eigenvalue weighted by atomic mass is 9.93. The van der Waals surface area contributed by atoms with Gasteiger partial charge in [-0.2, -0.15) is 0 Å². The Morgan fingerprint density at radius 2 is 1.95 bits per heavy atom. The van der Waals surface area contributed by atoms with Crippen LogP contribution in [0.1, 0.15) is 33.2 Å². The fraction of sp³-hybridized carbons (Fsp3) is 0.296. The molecule has 0 saturated carbocycles. The van der Waals surface area contributed by atoms with Gasteiger partial charge in [-0.25, -0.2) is 13.6 Å². The third-order valence-electron chi connectivity index (χ3n) is 7.08. The van der Waals surface area contributed by atoms with E-state index < -0.39 is 48.1 Å². The molecule has 1 amide bonds. The lowest BCUT2D eigenvalue weighted by molar-refractivity contribution is -0.0209. The molecule has 10 nitrogen and oxygen atoms in total. The van der Waals surface area contributed by atoms with Crippen molar-refractivity contribution in [2.45, 2.75) is 22.9 Å². The highest BCUT2D eigenvalue weighted by molar-refractivity contribution is 7.98. The SMILES string of the molecule is COC(=O)OCOc1c2n(ccc1=O)N(C1c3ccccc3SCc3c1ccc(F)c3F)[C@@H]1COCCN1C2=O. The summed E-state index contributed by atoms with van der Waals surface area (Å²) in [7, 11) is 1.12. The molecule has 1 fully saturated rings. The predicted molar refractivity (Wildman–Crippen MR) is 138 cm³/mol. The molecule has 40 heavy (non-hydrogen) atoms. The van der Waals surface area contributed by atoms with E-state index in [1.54, 1.807) is 11.0 Å². The van der Waals surface area contributed by atoms with Crippen LogP contribution in [0.3, 0.4) is 0 Å². The van der Waals surface area contributed by atoms with Gasteiger partial charge in [0.25, 0.3) is 5.91 Å². The summed E-state index contributed by atoms with van der Waals surface area (Å²) in [5, 5.41) is 1.82. The van der Waals surface area contributed by atoms with Gasteiger partial charge in [-0.3, -0.25) is 19.3 Å². The Morgan fingerprint density at radius 1 is 1.12 bits per heavy atom. The third kappa shape index (κ3) is 4.25. The number of aromatic nitrogens is 1. The number of carbonyl (C=O) groups excluding carboxylic acids is 2. The number of thioether (sulfide) groups is 1. The zero-order chi connectivity index (χ0) is 28.0. The van der Waals surface area contributed by atoms with Gasteiger partial charge in [0.2, 0.25) is 18.0 Å². The average Bonchev–Trinajstić information content (AvgIpc) is 3.13. The van der Waals surface area contributed by atoms with Gasteiger partial charge in [0.05, 0.1) is 26.4 Å². The Labute approximate surface area is 230 Å². The van der Waals surface area contributed by atoms with Crippen molar-refractivity contribution in [3.63, 3.8) is 0 Å². The van der Waals surface area contributed by atoms with Gasteiger partial charge in [-0.05, 0) is 23.3 Å². The first kappa shape index (κ1) is 26.1. The number of amides is 1. The molecule has 0 bridgehead atoms. The number of hydrogen-bond acceptors (Lipinski definition) is 9. The minimum absolute atomic E-state index is 0.0994. The molecule has 2 aromatic carbocycles. The summed E-state index contributed by atoms with van der Waals surface area (Å²) < 4.78 is 51.7. The highest BCUT2D eigenvalue weighted by atomic mass is 32.2. The molecule has 1 unspecified atom stereocenters. The maximum absolute atomic E-state index is 15.3.